The molecule has 1 amide bonds. The SMILES string of the molecule is Cc1cccc(COc2ccccc2/C=C2/SC(=S)N(c3ccc(C)c(C)c3)C2=O)c1. The normalized spacial score (nSPS) is 15.1. The molecule has 0 unspecified atom stereocenters. The summed E-state index contributed by atoms with van der Waals surface area (Å²) in [4.78, 5) is 15.4. The van der Waals surface area contributed by atoms with Crippen LogP contribution in [0.3, 0.4) is 0 Å². The molecule has 3 aromatic rings. The van der Waals surface area contributed by atoms with Crippen LogP contribution >= 0.6 is 24.0 Å². The first-order valence-electron chi connectivity index (χ1n) is 10.0. The molecule has 3 aromatic carbocycles. The molecule has 1 heterocycles. The van der Waals surface area contributed by atoms with E-state index in [1.807, 2.05) is 67.6 Å². The lowest BCUT2D eigenvalue weighted by Gasteiger charge is -2.16. The van der Waals surface area contributed by atoms with Gasteiger partial charge in [0.2, 0.25) is 0 Å². The van der Waals surface area contributed by atoms with E-state index in [2.05, 4.69) is 26.0 Å². The lowest BCUT2D eigenvalue weighted by Crippen LogP contribution is -2.27. The third-order valence-electron chi connectivity index (χ3n) is 5.22. The molecule has 0 spiro atoms. The number of benzene rings is 3. The van der Waals surface area contributed by atoms with E-state index in [0.29, 0.717) is 15.8 Å². The smallest absolute Gasteiger partial charge is 0.270 e. The van der Waals surface area contributed by atoms with Crippen LogP contribution in [-0.2, 0) is 11.4 Å². The van der Waals surface area contributed by atoms with Crippen molar-refractivity contribution in [3.63, 3.8) is 0 Å². The fourth-order valence-corrected chi connectivity index (χ4v) is 4.68. The van der Waals surface area contributed by atoms with Crippen molar-refractivity contribution in [2.75, 3.05) is 4.90 Å². The Balaban J connectivity index is 1.58. The molecule has 1 aliphatic heterocycles. The van der Waals surface area contributed by atoms with Crippen LogP contribution in [0.1, 0.15) is 27.8 Å². The first-order valence-corrected chi connectivity index (χ1v) is 11.3. The van der Waals surface area contributed by atoms with Gasteiger partial charge in [-0.25, -0.2) is 0 Å². The molecule has 0 atom stereocenters. The summed E-state index contributed by atoms with van der Waals surface area (Å²) in [6, 6.07) is 21.9. The van der Waals surface area contributed by atoms with Gasteiger partial charge >= 0.3 is 0 Å². The van der Waals surface area contributed by atoms with Gasteiger partial charge in [0.1, 0.15) is 12.4 Å². The lowest BCUT2D eigenvalue weighted by molar-refractivity contribution is -0.113. The van der Waals surface area contributed by atoms with Gasteiger partial charge in [-0.3, -0.25) is 9.69 Å². The molecule has 1 aliphatic rings. The second-order valence-corrected chi connectivity index (χ2v) is 9.28. The van der Waals surface area contributed by atoms with Gasteiger partial charge in [0.15, 0.2) is 4.32 Å². The molecule has 0 saturated carbocycles. The minimum atomic E-state index is -0.105. The number of nitrogens with zero attached hydrogens (tertiary/aromatic N) is 1. The first-order chi connectivity index (χ1) is 14.9. The zero-order chi connectivity index (χ0) is 22.0. The first kappa shape index (κ1) is 21.3. The molecule has 0 N–H and O–H groups in total. The lowest BCUT2D eigenvalue weighted by atomic mass is 10.1. The van der Waals surface area contributed by atoms with E-state index in [1.165, 1.54) is 22.9 Å². The van der Waals surface area contributed by atoms with Gasteiger partial charge in [-0.15, -0.1) is 0 Å². The number of anilines is 1. The molecule has 1 fully saturated rings. The van der Waals surface area contributed by atoms with Gasteiger partial charge < -0.3 is 4.74 Å². The van der Waals surface area contributed by atoms with Crippen molar-refractivity contribution in [2.24, 2.45) is 0 Å². The molecule has 31 heavy (non-hydrogen) atoms. The predicted octanol–water partition coefficient (Wildman–Crippen LogP) is 6.60. The van der Waals surface area contributed by atoms with Crippen molar-refractivity contribution in [1.29, 1.82) is 0 Å². The number of thioether (sulfide) groups is 1. The minimum Gasteiger partial charge on any atom is -0.488 e. The Morgan fingerprint density at radius 3 is 2.55 bits per heavy atom. The summed E-state index contributed by atoms with van der Waals surface area (Å²) in [5.74, 6) is 0.632. The number of para-hydroxylation sites is 1. The Kier molecular flexibility index (Phi) is 6.25. The van der Waals surface area contributed by atoms with Crippen LogP contribution in [0.4, 0.5) is 5.69 Å². The second-order valence-electron chi connectivity index (χ2n) is 7.60. The van der Waals surface area contributed by atoms with E-state index in [4.69, 9.17) is 17.0 Å². The number of carbonyl (C=O) groups is 1. The Labute approximate surface area is 192 Å². The van der Waals surface area contributed by atoms with E-state index in [1.54, 1.807) is 4.90 Å². The van der Waals surface area contributed by atoms with E-state index in [-0.39, 0.29) is 5.91 Å². The zero-order valence-corrected chi connectivity index (χ0v) is 19.3. The fraction of sp³-hybridized carbons (Fsp3) is 0.154. The number of hydrogen-bond donors (Lipinski definition) is 0. The van der Waals surface area contributed by atoms with Crippen LogP contribution in [0.15, 0.2) is 71.6 Å². The molecular weight excluding hydrogens is 422 g/mol. The van der Waals surface area contributed by atoms with Gasteiger partial charge in [0.05, 0.1) is 10.6 Å². The summed E-state index contributed by atoms with van der Waals surface area (Å²) < 4.78 is 6.62. The van der Waals surface area contributed by atoms with Crippen molar-refractivity contribution in [2.45, 2.75) is 27.4 Å². The standard InChI is InChI=1S/C26H23NO2S2/c1-17-7-6-8-20(13-17)16-29-23-10-5-4-9-21(23)15-24-25(28)27(26(30)31-24)22-12-11-18(2)19(3)14-22/h4-15H,16H2,1-3H3/b24-15+. The number of hydrogen-bond acceptors (Lipinski definition) is 4. The number of ether oxygens (including phenoxy) is 1. The van der Waals surface area contributed by atoms with Gasteiger partial charge in [-0.05, 0) is 61.7 Å². The summed E-state index contributed by atoms with van der Waals surface area (Å²) in [5, 5.41) is 0. The van der Waals surface area contributed by atoms with Crippen molar-refractivity contribution >= 4 is 46.0 Å². The quantitative estimate of drug-likeness (QED) is 0.327. The van der Waals surface area contributed by atoms with E-state index < -0.39 is 0 Å². The molecule has 0 aromatic heterocycles. The van der Waals surface area contributed by atoms with Crippen molar-refractivity contribution in [1.82, 2.24) is 0 Å². The highest BCUT2D eigenvalue weighted by Crippen LogP contribution is 2.37. The molecule has 0 bridgehead atoms. The summed E-state index contributed by atoms with van der Waals surface area (Å²) in [7, 11) is 0. The number of thiocarbonyl (C=S) groups is 1. The van der Waals surface area contributed by atoms with Gasteiger partial charge in [-0.2, -0.15) is 0 Å². The van der Waals surface area contributed by atoms with Gasteiger partial charge in [0, 0.05) is 5.56 Å². The summed E-state index contributed by atoms with van der Waals surface area (Å²) in [6.45, 7) is 6.62. The highest BCUT2D eigenvalue weighted by Gasteiger charge is 2.33. The minimum absolute atomic E-state index is 0.105. The Morgan fingerprint density at radius 1 is 0.968 bits per heavy atom. The maximum atomic E-state index is 13.2. The monoisotopic (exact) mass is 445 g/mol. The maximum Gasteiger partial charge on any atom is 0.270 e. The largest absolute Gasteiger partial charge is 0.488 e. The van der Waals surface area contributed by atoms with E-state index in [9.17, 15) is 4.79 Å². The molecule has 1 saturated heterocycles. The zero-order valence-electron chi connectivity index (χ0n) is 17.7. The number of aryl methyl sites for hydroxylation is 3. The summed E-state index contributed by atoms with van der Waals surface area (Å²) in [6.07, 6.45) is 1.87. The van der Waals surface area contributed by atoms with Crippen molar-refractivity contribution < 1.29 is 9.53 Å². The molecule has 3 nitrogen and oxygen atoms in total. The number of rotatable bonds is 5. The Morgan fingerprint density at radius 2 is 1.77 bits per heavy atom. The van der Waals surface area contributed by atoms with Crippen LogP contribution in [0.5, 0.6) is 5.75 Å². The van der Waals surface area contributed by atoms with Crippen LogP contribution < -0.4 is 9.64 Å². The van der Waals surface area contributed by atoms with E-state index in [0.717, 1.165) is 28.1 Å². The predicted molar refractivity (Wildman–Crippen MR) is 134 cm³/mol. The van der Waals surface area contributed by atoms with Crippen molar-refractivity contribution in [3.05, 3.63) is 99.5 Å². The highest BCUT2D eigenvalue weighted by molar-refractivity contribution is 8.27. The summed E-state index contributed by atoms with van der Waals surface area (Å²) in [5.41, 5.74) is 6.28. The van der Waals surface area contributed by atoms with Crippen LogP contribution in [0.25, 0.3) is 6.08 Å². The van der Waals surface area contributed by atoms with E-state index >= 15 is 0 Å². The van der Waals surface area contributed by atoms with Gasteiger partial charge in [0.25, 0.3) is 5.91 Å². The van der Waals surface area contributed by atoms with Crippen LogP contribution in [0, 0.1) is 20.8 Å². The summed E-state index contributed by atoms with van der Waals surface area (Å²) >= 11 is 6.85. The maximum absolute atomic E-state index is 13.2. The van der Waals surface area contributed by atoms with Gasteiger partial charge in [-0.1, -0.05) is 78.1 Å². The molecule has 5 heteroatoms. The van der Waals surface area contributed by atoms with Crippen LogP contribution in [0.2, 0.25) is 0 Å². The molecule has 156 valence electrons. The molecule has 0 radical (unpaired) electrons. The Hall–Kier alpha value is -2.89. The number of carbonyl (C=O) groups excluding carboxylic acids is 1. The third kappa shape index (κ3) is 4.73. The average Bonchev–Trinajstić information content (AvgIpc) is 3.02. The topological polar surface area (TPSA) is 29.5 Å². The molecule has 4 rings (SSSR count). The highest BCUT2D eigenvalue weighted by atomic mass is 32.2. The molecule has 0 aliphatic carbocycles. The second kappa shape index (κ2) is 9.08. The third-order valence-corrected chi connectivity index (χ3v) is 6.53. The van der Waals surface area contributed by atoms with Crippen molar-refractivity contribution in [3.8, 4) is 5.75 Å². The van der Waals surface area contributed by atoms with Crippen LogP contribution in [-0.4, -0.2) is 10.2 Å². The number of amides is 1. The molecular formula is C26H23NO2S2. The fourth-order valence-electron chi connectivity index (χ4n) is 3.39. The Bertz CT molecular complexity index is 1200. The average molecular weight is 446 g/mol.